The lowest BCUT2D eigenvalue weighted by atomic mass is 10.1. The summed E-state index contributed by atoms with van der Waals surface area (Å²) in [5.41, 5.74) is 0.0959. The van der Waals surface area contributed by atoms with Crippen LogP contribution in [-0.2, 0) is 53.6 Å². The van der Waals surface area contributed by atoms with Crippen LogP contribution < -0.4 is 4.18 Å². The van der Waals surface area contributed by atoms with Crippen LogP contribution >= 0.6 is 0 Å². The minimum atomic E-state index is -6.10. The maximum atomic E-state index is 14.3. The standard InChI is InChI=1S/C23H22N2O12S4/c26-38(27,28)21-22(39(29,30)31)25(41(34,35)36)23(16-18-10-4-1-5-11-18,24(21)17-19-12-6-2-7-13-19)40(32,33)37-20-14-8-3-9-15-20/h1-15H,16-17H2,(H,26,27,28)(H,29,30,31)(H,34,35,36). The first-order valence-corrected chi connectivity index (χ1v) is 17.0. The summed E-state index contributed by atoms with van der Waals surface area (Å²) in [4.78, 5) is -3.27. The molecule has 1 heterocycles. The molecule has 0 saturated heterocycles. The molecule has 1 aliphatic heterocycles. The largest absolute Gasteiger partial charge is 0.379 e. The number of benzene rings is 3. The maximum Gasteiger partial charge on any atom is 0.363 e. The SMILES string of the molecule is O=S(=O)(O)C1=C(S(=O)(=O)O)N(S(=O)(=O)O)C(Cc2ccccc2)(S(=O)(=O)Oc2ccccc2)N1Cc1ccccc1. The first kappa shape index (κ1) is 30.4. The lowest BCUT2D eigenvalue weighted by Gasteiger charge is -2.42. The molecule has 0 amide bonds. The molecule has 4 rings (SSSR count). The fraction of sp³-hybridized carbons (Fsp3) is 0.130. The molecule has 0 radical (unpaired) electrons. The number of hydrogen-bond acceptors (Lipinski definition) is 10. The zero-order chi connectivity index (χ0) is 30.3. The van der Waals surface area contributed by atoms with Crippen molar-refractivity contribution in [1.29, 1.82) is 0 Å². The van der Waals surface area contributed by atoms with E-state index in [-0.39, 0.29) is 16.0 Å². The Balaban J connectivity index is 2.20. The van der Waals surface area contributed by atoms with Crippen molar-refractivity contribution in [1.82, 2.24) is 9.21 Å². The fourth-order valence-electron chi connectivity index (χ4n) is 4.36. The van der Waals surface area contributed by atoms with Crippen molar-refractivity contribution < 1.29 is 51.5 Å². The lowest BCUT2D eigenvalue weighted by Crippen LogP contribution is -2.64. The van der Waals surface area contributed by atoms with Crippen LogP contribution in [0.15, 0.2) is 101 Å². The maximum absolute atomic E-state index is 14.3. The van der Waals surface area contributed by atoms with Crippen LogP contribution in [0.1, 0.15) is 11.1 Å². The summed E-state index contributed by atoms with van der Waals surface area (Å²) in [6.45, 7) is -0.884. The van der Waals surface area contributed by atoms with Crippen molar-refractivity contribution in [3.05, 3.63) is 112 Å². The molecule has 0 fully saturated rings. The molecule has 41 heavy (non-hydrogen) atoms. The molecule has 14 nitrogen and oxygen atoms in total. The number of rotatable bonds is 10. The minimum Gasteiger partial charge on any atom is -0.379 e. The van der Waals surface area contributed by atoms with E-state index >= 15 is 0 Å². The van der Waals surface area contributed by atoms with Crippen LogP contribution in [0.3, 0.4) is 0 Å². The van der Waals surface area contributed by atoms with Gasteiger partial charge in [-0.2, -0.15) is 38.0 Å². The first-order chi connectivity index (χ1) is 19.0. The van der Waals surface area contributed by atoms with Crippen molar-refractivity contribution in [3.63, 3.8) is 0 Å². The molecule has 0 spiro atoms. The van der Waals surface area contributed by atoms with E-state index in [9.17, 15) is 47.3 Å². The van der Waals surface area contributed by atoms with Gasteiger partial charge in [-0.25, -0.2) is 0 Å². The van der Waals surface area contributed by atoms with Crippen LogP contribution in [0.25, 0.3) is 0 Å². The van der Waals surface area contributed by atoms with Gasteiger partial charge in [0, 0.05) is 13.0 Å². The first-order valence-electron chi connectivity index (χ1n) is 11.3. The number of para-hydroxylation sites is 1. The third-order valence-corrected chi connectivity index (χ3v) is 10.7. The molecule has 220 valence electrons. The Hall–Kier alpha value is -3.52. The van der Waals surface area contributed by atoms with Gasteiger partial charge in [-0.05, 0) is 23.3 Å². The molecule has 1 aliphatic rings. The third-order valence-electron chi connectivity index (χ3n) is 5.88. The highest BCUT2D eigenvalue weighted by molar-refractivity contribution is 7.95. The number of hydrogen-bond donors (Lipinski definition) is 3. The summed E-state index contributed by atoms with van der Waals surface area (Å²) >= 11 is 0. The van der Waals surface area contributed by atoms with Crippen LogP contribution in [0.5, 0.6) is 5.75 Å². The summed E-state index contributed by atoms with van der Waals surface area (Å²) in [5, 5.41) is -3.97. The van der Waals surface area contributed by atoms with E-state index in [2.05, 4.69) is 0 Å². The second-order valence-corrected chi connectivity index (χ2v) is 14.3. The van der Waals surface area contributed by atoms with Crippen LogP contribution in [0, 0.1) is 0 Å². The van der Waals surface area contributed by atoms with Gasteiger partial charge in [-0.1, -0.05) is 78.9 Å². The van der Waals surface area contributed by atoms with Gasteiger partial charge in [0.05, 0.1) is 0 Å². The predicted molar refractivity (Wildman–Crippen MR) is 144 cm³/mol. The van der Waals surface area contributed by atoms with Crippen molar-refractivity contribution in [2.45, 2.75) is 18.0 Å². The Morgan fingerprint density at radius 2 is 1.05 bits per heavy atom. The molecule has 1 atom stereocenters. The molecule has 0 aromatic heterocycles. The van der Waals surface area contributed by atoms with Crippen LogP contribution in [0.2, 0.25) is 0 Å². The van der Waals surface area contributed by atoms with Crippen LogP contribution in [0.4, 0.5) is 0 Å². The smallest absolute Gasteiger partial charge is 0.363 e. The average molecular weight is 647 g/mol. The van der Waals surface area contributed by atoms with E-state index in [1.54, 1.807) is 6.07 Å². The Morgan fingerprint density at radius 1 is 0.610 bits per heavy atom. The molecule has 18 heteroatoms. The van der Waals surface area contributed by atoms with Gasteiger partial charge in [0.2, 0.25) is 10.1 Å². The Bertz CT molecular complexity index is 1900. The second kappa shape index (κ2) is 10.7. The molecule has 0 saturated carbocycles. The summed E-state index contributed by atoms with van der Waals surface area (Å²) in [6, 6.07) is 20.7. The normalized spacial score (nSPS) is 18.5. The third kappa shape index (κ3) is 5.94. The molecule has 1 unspecified atom stereocenters. The van der Waals surface area contributed by atoms with Crippen molar-refractivity contribution in [2.75, 3.05) is 0 Å². The van der Waals surface area contributed by atoms with E-state index < -0.39 is 78.7 Å². The van der Waals surface area contributed by atoms with Gasteiger partial charge in [0.15, 0.2) is 0 Å². The van der Waals surface area contributed by atoms with Gasteiger partial charge >= 0.3 is 40.7 Å². The minimum absolute atomic E-state index is 0.00859. The van der Waals surface area contributed by atoms with Crippen molar-refractivity contribution in [3.8, 4) is 5.75 Å². The highest BCUT2D eigenvalue weighted by Crippen LogP contribution is 2.49. The summed E-state index contributed by atoms with van der Waals surface area (Å²) in [5.74, 6) is -0.399. The van der Waals surface area contributed by atoms with Gasteiger partial charge in [-0.3, -0.25) is 13.7 Å². The zero-order valence-corrected chi connectivity index (χ0v) is 23.9. The van der Waals surface area contributed by atoms with E-state index in [1.807, 2.05) is 0 Å². The summed E-state index contributed by atoms with van der Waals surface area (Å²) in [6.07, 6.45) is -1.08. The highest BCUT2D eigenvalue weighted by Gasteiger charge is 2.69. The monoisotopic (exact) mass is 646 g/mol. The fourth-order valence-corrected chi connectivity index (χ4v) is 10.2. The number of nitrogens with zero attached hydrogens (tertiary/aromatic N) is 2. The molecule has 3 aromatic carbocycles. The van der Waals surface area contributed by atoms with Crippen molar-refractivity contribution in [2.24, 2.45) is 0 Å². The average Bonchev–Trinajstić information content (AvgIpc) is 3.18. The Morgan fingerprint density at radius 3 is 1.49 bits per heavy atom. The highest BCUT2D eigenvalue weighted by atomic mass is 32.3. The summed E-state index contributed by atoms with van der Waals surface area (Å²) in [7, 11) is -23.6. The van der Waals surface area contributed by atoms with E-state index in [0.29, 0.717) is 0 Å². The molecule has 0 bridgehead atoms. The summed E-state index contributed by atoms with van der Waals surface area (Å²) < 4.78 is 140. The quantitative estimate of drug-likeness (QED) is 0.212. The van der Waals surface area contributed by atoms with Gasteiger partial charge in [-0.15, -0.1) is 0 Å². The van der Waals surface area contributed by atoms with Gasteiger partial charge < -0.3 is 9.08 Å². The lowest BCUT2D eigenvalue weighted by molar-refractivity contribution is 0.131. The second-order valence-electron chi connectivity index (χ2n) is 8.63. The van der Waals surface area contributed by atoms with Gasteiger partial charge in [0.25, 0.3) is 4.99 Å². The molecule has 3 aromatic rings. The molecule has 0 aliphatic carbocycles. The van der Waals surface area contributed by atoms with Crippen LogP contribution in [-0.4, -0.2) is 61.5 Å². The van der Waals surface area contributed by atoms with Crippen molar-refractivity contribution >= 4 is 40.7 Å². The topological polar surface area (TPSA) is 213 Å². The Labute approximate surface area is 236 Å². The predicted octanol–water partition coefficient (Wildman–Crippen LogP) is 1.81. The molecular formula is C23H22N2O12S4. The molecular weight excluding hydrogens is 625 g/mol. The van der Waals surface area contributed by atoms with E-state index in [0.717, 1.165) is 12.1 Å². The van der Waals surface area contributed by atoms with E-state index in [1.165, 1.54) is 72.8 Å². The Kier molecular flexibility index (Phi) is 7.95. The zero-order valence-electron chi connectivity index (χ0n) is 20.6. The van der Waals surface area contributed by atoms with E-state index in [4.69, 9.17) is 4.18 Å². The molecule has 3 N–H and O–H groups in total. The van der Waals surface area contributed by atoms with Gasteiger partial charge in [0.1, 0.15) is 5.75 Å².